The van der Waals surface area contributed by atoms with E-state index in [1.54, 1.807) is 22.9 Å². The third kappa shape index (κ3) is 3.11. The van der Waals surface area contributed by atoms with Gasteiger partial charge in [-0.15, -0.1) is 0 Å². The normalized spacial score (nSPS) is 18.9. The molecule has 1 fully saturated rings. The number of likely N-dealkylation sites (N-methyl/N-ethyl adjacent to an activating group) is 1. The zero-order valence-corrected chi connectivity index (χ0v) is 12.0. The molecule has 108 valence electrons. The highest BCUT2D eigenvalue weighted by atomic mass is 35.5. The van der Waals surface area contributed by atoms with Gasteiger partial charge in [0.1, 0.15) is 0 Å². The van der Waals surface area contributed by atoms with Crippen molar-refractivity contribution in [1.82, 2.24) is 4.90 Å². The lowest BCUT2D eigenvalue weighted by Gasteiger charge is -2.23. The van der Waals surface area contributed by atoms with Crippen LogP contribution in [-0.4, -0.2) is 48.1 Å². The molecule has 0 saturated carbocycles. The number of hydrogen-bond donors (Lipinski definition) is 1. The van der Waals surface area contributed by atoms with Crippen LogP contribution < -0.4 is 4.90 Å². The highest BCUT2D eigenvalue weighted by Crippen LogP contribution is 2.30. The van der Waals surface area contributed by atoms with Gasteiger partial charge in [0.05, 0.1) is 23.2 Å². The molecule has 0 aromatic heterocycles. The number of carboxylic acids is 1. The lowest BCUT2D eigenvalue weighted by Crippen LogP contribution is -2.40. The molecule has 0 radical (unpaired) electrons. The van der Waals surface area contributed by atoms with E-state index in [2.05, 4.69) is 0 Å². The summed E-state index contributed by atoms with van der Waals surface area (Å²) >= 11 is 6.11. The molecule has 1 aromatic carbocycles. The second kappa shape index (κ2) is 6.24. The zero-order chi connectivity index (χ0) is 14.7. The van der Waals surface area contributed by atoms with Gasteiger partial charge in [-0.1, -0.05) is 23.7 Å². The Morgan fingerprint density at radius 3 is 2.85 bits per heavy atom. The van der Waals surface area contributed by atoms with E-state index in [0.29, 0.717) is 30.2 Å². The van der Waals surface area contributed by atoms with Gasteiger partial charge < -0.3 is 10.0 Å². The number of anilines is 1. The van der Waals surface area contributed by atoms with Crippen LogP contribution in [0.3, 0.4) is 0 Å². The summed E-state index contributed by atoms with van der Waals surface area (Å²) in [4.78, 5) is 26.5. The maximum absolute atomic E-state index is 12.4. The van der Waals surface area contributed by atoms with Crippen LogP contribution in [0.5, 0.6) is 0 Å². The molecule has 6 heteroatoms. The largest absolute Gasteiger partial charge is 0.481 e. The first-order valence-corrected chi connectivity index (χ1v) is 6.86. The lowest BCUT2D eigenvalue weighted by atomic mass is 10.2. The SMILES string of the molecule is CN(CCC(=O)O)[C@H]1CCN(c2ccccc2Cl)C1=O. The second-order valence-electron chi connectivity index (χ2n) is 4.87. The molecule has 0 aliphatic carbocycles. The number of para-hydroxylation sites is 1. The predicted molar refractivity (Wildman–Crippen MR) is 77.1 cm³/mol. The summed E-state index contributed by atoms with van der Waals surface area (Å²) in [6.45, 7) is 0.965. The maximum atomic E-state index is 12.4. The van der Waals surface area contributed by atoms with Gasteiger partial charge in [0, 0.05) is 13.1 Å². The van der Waals surface area contributed by atoms with E-state index in [1.807, 2.05) is 18.2 Å². The van der Waals surface area contributed by atoms with Crippen LogP contribution in [0.1, 0.15) is 12.8 Å². The summed E-state index contributed by atoms with van der Waals surface area (Å²) in [6, 6.07) is 6.97. The monoisotopic (exact) mass is 296 g/mol. The number of rotatable bonds is 5. The van der Waals surface area contributed by atoms with Crippen LogP contribution in [0.2, 0.25) is 5.02 Å². The summed E-state index contributed by atoms with van der Waals surface area (Å²) in [7, 11) is 1.78. The molecule has 1 aliphatic rings. The van der Waals surface area contributed by atoms with Gasteiger partial charge in [0.15, 0.2) is 0 Å². The number of aliphatic carboxylic acids is 1. The number of halogens is 1. The molecule has 2 rings (SSSR count). The summed E-state index contributed by atoms with van der Waals surface area (Å²) < 4.78 is 0. The maximum Gasteiger partial charge on any atom is 0.304 e. The molecule has 0 unspecified atom stereocenters. The van der Waals surface area contributed by atoms with E-state index < -0.39 is 5.97 Å². The van der Waals surface area contributed by atoms with Crippen molar-refractivity contribution < 1.29 is 14.7 Å². The first kappa shape index (κ1) is 14.8. The molecular formula is C14H17ClN2O3. The van der Waals surface area contributed by atoms with Crippen molar-refractivity contribution in [3.05, 3.63) is 29.3 Å². The Hall–Kier alpha value is -1.59. The number of amides is 1. The van der Waals surface area contributed by atoms with Crippen molar-refractivity contribution in [3.63, 3.8) is 0 Å². The van der Waals surface area contributed by atoms with E-state index in [1.165, 1.54) is 0 Å². The van der Waals surface area contributed by atoms with Crippen molar-refractivity contribution in [2.24, 2.45) is 0 Å². The van der Waals surface area contributed by atoms with Gasteiger partial charge in [0.25, 0.3) is 0 Å². The summed E-state index contributed by atoms with van der Waals surface area (Å²) in [5.41, 5.74) is 0.716. The van der Waals surface area contributed by atoms with Crippen molar-refractivity contribution in [2.75, 3.05) is 25.0 Å². The quantitative estimate of drug-likeness (QED) is 0.901. The van der Waals surface area contributed by atoms with Gasteiger partial charge in [-0.05, 0) is 25.6 Å². The molecule has 1 aliphatic heterocycles. The molecule has 20 heavy (non-hydrogen) atoms. The highest BCUT2D eigenvalue weighted by molar-refractivity contribution is 6.33. The average molecular weight is 297 g/mol. The number of hydrogen-bond acceptors (Lipinski definition) is 3. The van der Waals surface area contributed by atoms with Crippen LogP contribution >= 0.6 is 11.6 Å². The molecular weight excluding hydrogens is 280 g/mol. The highest BCUT2D eigenvalue weighted by Gasteiger charge is 2.35. The molecule has 0 spiro atoms. The van der Waals surface area contributed by atoms with Gasteiger partial charge >= 0.3 is 5.97 Å². The molecule has 5 nitrogen and oxygen atoms in total. The number of carbonyl (C=O) groups is 2. The second-order valence-corrected chi connectivity index (χ2v) is 5.28. The van der Waals surface area contributed by atoms with E-state index in [4.69, 9.17) is 16.7 Å². The van der Waals surface area contributed by atoms with Gasteiger partial charge in [-0.25, -0.2) is 0 Å². The first-order chi connectivity index (χ1) is 9.50. The van der Waals surface area contributed by atoms with Crippen LogP contribution in [-0.2, 0) is 9.59 Å². The van der Waals surface area contributed by atoms with E-state index in [9.17, 15) is 9.59 Å². The first-order valence-electron chi connectivity index (χ1n) is 6.48. The third-order valence-corrected chi connectivity index (χ3v) is 3.85. The van der Waals surface area contributed by atoms with Crippen molar-refractivity contribution in [1.29, 1.82) is 0 Å². The topological polar surface area (TPSA) is 60.9 Å². The number of carbonyl (C=O) groups excluding carboxylic acids is 1. The summed E-state index contributed by atoms with van der Waals surface area (Å²) in [5, 5.41) is 9.25. The Labute approximate surface area is 122 Å². The molecule has 0 bridgehead atoms. The Morgan fingerprint density at radius 2 is 2.20 bits per heavy atom. The Bertz CT molecular complexity index is 521. The zero-order valence-electron chi connectivity index (χ0n) is 11.3. The molecule has 1 aromatic rings. The van der Waals surface area contributed by atoms with Gasteiger partial charge in [-0.3, -0.25) is 14.5 Å². The van der Waals surface area contributed by atoms with E-state index in [0.717, 1.165) is 0 Å². The van der Waals surface area contributed by atoms with Crippen LogP contribution in [0, 0.1) is 0 Å². The molecule has 1 heterocycles. The smallest absolute Gasteiger partial charge is 0.304 e. The summed E-state index contributed by atoms with van der Waals surface area (Å²) in [5.74, 6) is -0.878. The molecule has 1 saturated heterocycles. The fraction of sp³-hybridized carbons (Fsp3) is 0.429. The standard InChI is InChI=1S/C14H17ClN2O3/c1-16(8-7-13(18)19)12-6-9-17(14(12)20)11-5-3-2-4-10(11)15/h2-5,12H,6-9H2,1H3,(H,18,19)/t12-/m0/s1. The van der Waals surface area contributed by atoms with Crippen LogP contribution in [0.15, 0.2) is 24.3 Å². The Kier molecular flexibility index (Phi) is 4.62. The van der Waals surface area contributed by atoms with Crippen LogP contribution in [0.4, 0.5) is 5.69 Å². The average Bonchev–Trinajstić information content (AvgIpc) is 2.78. The minimum Gasteiger partial charge on any atom is -0.481 e. The minimum absolute atomic E-state index is 0.0222. The summed E-state index contributed by atoms with van der Waals surface area (Å²) in [6.07, 6.45) is 0.715. The number of carboxylic acid groups (broad SMARTS) is 1. The van der Waals surface area contributed by atoms with E-state index in [-0.39, 0.29) is 18.4 Å². The fourth-order valence-corrected chi connectivity index (χ4v) is 2.65. The van der Waals surface area contributed by atoms with Gasteiger partial charge in [0.2, 0.25) is 5.91 Å². The van der Waals surface area contributed by atoms with E-state index >= 15 is 0 Å². The minimum atomic E-state index is -0.856. The lowest BCUT2D eigenvalue weighted by molar-refractivity contribution is -0.137. The van der Waals surface area contributed by atoms with Crippen molar-refractivity contribution >= 4 is 29.2 Å². The Balaban J connectivity index is 2.06. The predicted octanol–water partition coefficient (Wildman–Crippen LogP) is 1.85. The van der Waals surface area contributed by atoms with Crippen LogP contribution in [0.25, 0.3) is 0 Å². The number of nitrogens with zero attached hydrogens (tertiary/aromatic N) is 2. The molecule has 1 atom stereocenters. The van der Waals surface area contributed by atoms with Crippen molar-refractivity contribution in [3.8, 4) is 0 Å². The fourth-order valence-electron chi connectivity index (χ4n) is 2.41. The van der Waals surface area contributed by atoms with Crippen molar-refractivity contribution in [2.45, 2.75) is 18.9 Å². The third-order valence-electron chi connectivity index (χ3n) is 3.53. The number of benzene rings is 1. The van der Waals surface area contributed by atoms with Gasteiger partial charge in [-0.2, -0.15) is 0 Å². The molecule has 1 N–H and O–H groups in total. The molecule has 1 amide bonds. The Morgan fingerprint density at radius 1 is 1.50 bits per heavy atom.